The number of hydrogen-bond acceptors (Lipinski definition) is 3. The third kappa shape index (κ3) is 1.95. The van der Waals surface area contributed by atoms with E-state index in [1.165, 1.54) is 25.1 Å². The van der Waals surface area contributed by atoms with Crippen molar-refractivity contribution in [2.75, 3.05) is 6.61 Å². The minimum atomic E-state index is -0.470. The highest BCUT2D eigenvalue weighted by Gasteiger charge is 2.45. The summed E-state index contributed by atoms with van der Waals surface area (Å²) in [6, 6.07) is 4.12. The first-order valence-corrected chi connectivity index (χ1v) is 5.31. The van der Waals surface area contributed by atoms with Crippen molar-refractivity contribution in [3.63, 3.8) is 0 Å². The molecule has 1 saturated heterocycles. The van der Waals surface area contributed by atoms with Crippen LogP contribution in [-0.2, 0) is 0 Å². The molecule has 1 N–H and O–H groups in total. The normalized spacial score (nSPS) is 32.5. The Balaban J connectivity index is 1.51. The first-order chi connectivity index (χ1) is 7.31. The summed E-state index contributed by atoms with van der Waals surface area (Å²) in [4.78, 5) is 3.54. The van der Waals surface area contributed by atoms with Crippen LogP contribution in [0.25, 0.3) is 0 Å². The molecule has 0 amide bonds. The number of halogens is 1. The van der Waals surface area contributed by atoms with Crippen molar-refractivity contribution >= 4 is 0 Å². The van der Waals surface area contributed by atoms with E-state index in [4.69, 9.17) is 4.74 Å². The topological polar surface area (TPSA) is 34.1 Å². The summed E-state index contributed by atoms with van der Waals surface area (Å²) < 4.78 is 18.0. The van der Waals surface area contributed by atoms with Crippen molar-refractivity contribution in [3.05, 3.63) is 24.3 Å². The Morgan fingerprint density at radius 3 is 3.07 bits per heavy atom. The molecule has 2 aliphatic rings. The third-order valence-electron chi connectivity index (χ3n) is 3.11. The molecule has 0 bridgehead atoms. The molecule has 2 fully saturated rings. The molecule has 1 aromatic rings. The first-order valence-electron chi connectivity index (χ1n) is 5.31. The third-order valence-corrected chi connectivity index (χ3v) is 3.11. The molecule has 0 spiro atoms. The van der Waals surface area contributed by atoms with Gasteiger partial charge in [-0.2, -0.15) is 4.39 Å². The molecule has 1 aliphatic heterocycles. The number of rotatable bonds is 3. The van der Waals surface area contributed by atoms with E-state index in [1.807, 2.05) is 0 Å². The van der Waals surface area contributed by atoms with Gasteiger partial charge in [0.05, 0.1) is 6.20 Å². The van der Waals surface area contributed by atoms with E-state index in [0.717, 1.165) is 12.0 Å². The van der Waals surface area contributed by atoms with Crippen molar-refractivity contribution < 1.29 is 9.13 Å². The van der Waals surface area contributed by atoms with Gasteiger partial charge in [0.2, 0.25) is 5.95 Å². The molecular formula is C11H13FN2O. The lowest BCUT2D eigenvalue weighted by Crippen LogP contribution is -2.31. The monoisotopic (exact) mass is 208 g/mol. The summed E-state index contributed by atoms with van der Waals surface area (Å²) >= 11 is 0. The smallest absolute Gasteiger partial charge is 0.213 e. The SMILES string of the molecule is Fc1ccc(OC[C@@H]2C[C@@H]3C[C@@H]3N2)cn1. The zero-order valence-electron chi connectivity index (χ0n) is 8.32. The number of aromatic nitrogens is 1. The molecule has 3 atom stereocenters. The number of ether oxygens (including phenoxy) is 1. The summed E-state index contributed by atoms with van der Waals surface area (Å²) in [6.45, 7) is 0.653. The Bertz CT molecular complexity index is 344. The summed E-state index contributed by atoms with van der Waals surface area (Å²) in [6.07, 6.45) is 3.96. The van der Waals surface area contributed by atoms with Gasteiger partial charge < -0.3 is 10.1 Å². The van der Waals surface area contributed by atoms with Crippen molar-refractivity contribution in [1.82, 2.24) is 10.3 Å². The number of pyridine rings is 1. The molecule has 3 nitrogen and oxygen atoms in total. The predicted molar refractivity (Wildman–Crippen MR) is 53.1 cm³/mol. The Labute approximate surface area is 87.7 Å². The van der Waals surface area contributed by atoms with Gasteiger partial charge >= 0.3 is 0 Å². The zero-order chi connectivity index (χ0) is 10.3. The minimum absolute atomic E-state index is 0.457. The molecule has 0 aromatic carbocycles. The summed E-state index contributed by atoms with van der Waals surface area (Å²) in [5, 5.41) is 3.49. The van der Waals surface area contributed by atoms with Crippen LogP contribution >= 0.6 is 0 Å². The van der Waals surface area contributed by atoms with Gasteiger partial charge in [0.25, 0.3) is 0 Å². The fraction of sp³-hybridized carbons (Fsp3) is 0.545. The maximum atomic E-state index is 12.5. The molecule has 4 heteroatoms. The van der Waals surface area contributed by atoms with E-state index < -0.39 is 5.95 Å². The van der Waals surface area contributed by atoms with Crippen molar-refractivity contribution in [3.8, 4) is 5.75 Å². The molecule has 80 valence electrons. The summed E-state index contributed by atoms with van der Waals surface area (Å²) in [5.41, 5.74) is 0. The van der Waals surface area contributed by atoms with Gasteiger partial charge in [-0.1, -0.05) is 0 Å². The lowest BCUT2D eigenvalue weighted by atomic mass is 10.2. The second-order valence-corrected chi connectivity index (χ2v) is 4.33. The standard InChI is InChI=1S/C11H13FN2O/c12-11-2-1-9(5-13-11)15-6-8-3-7-4-10(7)14-8/h1-2,5,7-8,10,14H,3-4,6H2/t7-,8+,10+/m1/s1. The molecule has 1 saturated carbocycles. The molecular weight excluding hydrogens is 195 g/mol. The van der Waals surface area contributed by atoms with Crippen LogP contribution in [0.2, 0.25) is 0 Å². The van der Waals surface area contributed by atoms with Crippen molar-refractivity contribution in [1.29, 1.82) is 0 Å². The molecule has 3 rings (SSSR count). The average Bonchev–Trinajstić information content (AvgIpc) is 2.86. The maximum Gasteiger partial charge on any atom is 0.213 e. The molecule has 1 aromatic heterocycles. The lowest BCUT2D eigenvalue weighted by molar-refractivity contribution is 0.266. The van der Waals surface area contributed by atoms with Gasteiger partial charge in [-0.25, -0.2) is 4.98 Å². The van der Waals surface area contributed by atoms with Gasteiger partial charge in [0.15, 0.2) is 0 Å². The highest BCUT2D eigenvalue weighted by atomic mass is 19.1. The van der Waals surface area contributed by atoms with Crippen LogP contribution in [0.15, 0.2) is 18.3 Å². The van der Waals surface area contributed by atoms with Gasteiger partial charge in [-0.05, 0) is 30.9 Å². The zero-order valence-corrected chi connectivity index (χ0v) is 8.32. The molecule has 0 unspecified atom stereocenters. The fourth-order valence-corrected chi connectivity index (χ4v) is 2.21. The van der Waals surface area contributed by atoms with E-state index in [0.29, 0.717) is 18.4 Å². The molecule has 1 aliphatic carbocycles. The van der Waals surface area contributed by atoms with Crippen molar-refractivity contribution in [2.45, 2.75) is 24.9 Å². The Morgan fingerprint density at radius 2 is 2.40 bits per heavy atom. The minimum Gasteiger partial charge on any atom is -0.490 e. The van der Waals surface area contributed by atoms with Crippen LogP contribution in [0.3, 0.4) is 0 Å². The maximum absolute atomic E-state index is 12.5. The number of piperidine rings is 1. The Morgan fingerprint density at radius 1 is 1.47 bits per heavy atom. The van der Waals surface area contributed by atoms with Gasteiger partial charge in [0.1, 0.15) is 12.4 Å². The quantitative estimate of drug-likeness (QED) is 0.761. The highest BCUT2D eigenvalue weighted by molar-refractivity contribution is 5.16. The molecule has 15 heavy (non-hydrogen) atoms. The van der Waals surface area contributed by atoms with E-state index in [-0.39, 0.29) is 0 Å². The van der Waals surface area contributed by atoms with Crippen LogP contribution in [0.1, 0.15) is 12.8 Å². The van der Waals surface area contributed by atoms with E-state index in [2.05, 4.69) is 10.3 Å². The van der Waals surface area contributed by atoms with Crippen LogP contribution < -0.4 is 10.1 Å². The van der Waals surface area contributed by atoms with Crippen LogP contribution in [0.4, 0.5) is 4.39 Å². The lowest BCUT2D eigenvalue weighted by Gasteiger charge is -2.13. The van der Waals surface area contributed by atoms with Crippen LogP contribution in [0.5, 0.6) is 5.75 Å². The Kier molecular flexibility index (Phi) is 2.09. The largest absolute Gasteiger partial charge is 0.490 e. The number of nitrogens with zero attached hydrogens (tertiary/aromatic N) is 1. The van der Waals surface area contributed by atoms with E-state index in [9.17, 15) is 4.39 Å². The second-order valence-electron chi connectivity index (χ2n) is 4.33. The highest BCUT2D eigenvalue weighted by Crippen LogP contribution is 2.40. The predicted octanol–water partition coefficient (Wildman–Crippen LogP) is 1.35. The second kappa shape index (κ2) is 3.45. The number of fused-ring (bicyclic) bond motifs is 1. The van der Waals surface area contributed by atoms with Crippen LogP contribution in [0, 0.1) is 11.9 Å². The summed E-state index contributed by atoms with van der Waals surface area (Å²) in [7, 11) is 0. The van der Waals surface area contributed by atoms with Gasteiger partial charge in [-0.3, -0.25) is 0 Å². The van der Waals surface area contributed by atoms with Crippen molar-refractivity contribution in [2.24, 2.45) is 5.92 Å². The fourth-order valence-electron chi connectivity index (χ4n) is 2.21. The Hall–Kier alpha value is -1.16. The molecule has 0 radical (unpaired) electrons. The average molecular weight is 208 g/mol. The van der Waals surface area contributed by atoms with E-state index in [1.54, 1.807) is 6.07 Å². The number of nitrogens with one attached hydrogen (secondary N) is 1. The van der Waals surface area contributed by atoms with Gasteiger partial charge in [-0.15, -0.1) is 0 Å². The molecule has 2 heterocycles. The summed E-state index contributed by atoms with van der Waals surface area (Å²) in [5.74, 6) is 1.05. The number of hydrogen-bond donors (Lipinski definition) is 1. The van der Waals surface area contributed by atoms with Crippen LogP contribution in [-0.4, -0.2) is 23.7 Å². The van der Waals surface area contributed by atoms with E-state index >= 15 is 0 Å². The first kappa shape index (κ1) is 9.09. The van der Waals surface area contributed by atoms with Gasteiger partial charge in [0, 0.05) is 12.1 Å².